The van der Waals surface area contributed by atoms with Gasteiger partial charge in [0.25, 0.3) is 5.91 Å². The fourth-order valence-electron chi connectivity index (χ4n) is 2.60. The number of amides is 1. The molecule has 1 atom stereocenters. The van der Waals surface area contributed by atoms with Crippen molar-refractivity contribution in [2.24, 2.45) is 0 Å². The molecule has 0 aromatic heterocycles. The number of carbonyl (C=O) groups is 2. The summed E-state index contributed by atoms with van der Waals surface area (Å²) in [6.45, 7) is 2.12. The van der Waals surface area contributed by atoms with Gasteiger partial charge in [0, 0.05) is 5.56 Å². The third kappa shape index (κ3) is 7.45. The Morgan fingerprint density at radius 1 is 1.12 bits per heavy atom. The second-order valence-electron chi connectivity index (χ2n) is 6.18. The minimum absolute atomic E-state index is 0.142. The smallest absolute Gasteiger partial charge is 0.416 e. The van der Waals surface area contributed by atoms with Crippen molar-refractivity contribution in [3.05, 3.63) is 35.4 Å². The molecule has 0 saturated heterocycles. The van der Waals surface area contributed by atoms with Crippen molar-refractivity contribution >= 4 is 11.9 Å². The molecule has 146 valence electrons. The van der Waals surface area contributed by atoms with Crippen LogP contribution in [0.4, 0.5) is 13.2 Å². The number of unbranched alkanes of at least 4 members (excludes halogenated alkanes) is 5. The summed E-state index contributed by atoms with van der Waals surface area (Å²) in [6, 6.07) is 3.25. The number of halogens is 3. The van der Waals surface area contributed by atoms with Gasteiger partial charge in [-0.1, -0.05) is 51.5 Å². The van der Waals surface area contributed by atoms with Crippen molar-refractivity contribution in [1.29, 1.82) is 0 Å². The second-order valence-corrected chi connectivity index (χ2v) is 6.18. The SMILES string of the molecule is CCCCCCCC[C@H](NC(=O)c1cccc(C(F)(F)F)c1)C(=O)OC. The van der Waals surface area contributed by atoms with Crippen LogP contribution in [0.3, 0.4) is 0 Å². The number of rotatable bonds is 10. The third-order valence-corrected chi connectivity index (χ3v) is 4.09. The van der Waals surface area contributed by atoms with Gasteiger partial charge in [0.1, 0.15) is 6.04 Å². The zero-order chi connectivity index (χ0) is 19.6. The normalized spacial score (nSPS) is 12.5. The molecular weight excluding hydrogens is 347 g/mol. The van der Waals surface area contributed by atoms with Crippen molar-refractivity contribution < 1.29 is 27.5 Å². The van der Waals surface area contributed by atoms with Crippen LogP contribution in [0.25, 0.3) is 0 Å². The minimum Gasteiger partial charge on any atom is -0.467 e. The van der Waals surface area contributed by atoms with E-state index in [9.17, 15) is 22.8 Å². The molecule has 0 fully saturated rings. The lowest BCUT2D eigenvalue weighted by Gasteiger charge is -2.17. The molecule has 26 heavy (non-hydrogen) atoms. The molecule has 0 heterocycles. The molecule has 0 bridgehead atoms. The number of hydrogen-bond acceptors (Lipinski definition) is 3. The lowest BCUT2D eigenvalue weighted by molar-refractivity contribution is -0.143. The Morgan fingerprint density at radius 2 is 1.77 bits per heavy atom. The fraction of sp³-hybridized carbons (Fsp3) is 0.579. The number of alkyl halides is 3. The molecular formula is C19H26F3NO3. The third-order valence-electron chi connectivity index (χ3n) is 4.09. The fourth-order valence-corrected chi connectivity index (χ4v) is 2.60. The number of hydrogen-bond donors (Lipinski definition) is 1. The number of nitrogens with one attached hydrogen (secondary N) is 1. The maximum atomic E-state index is 12.8. The van der Waals surface area contributed by atoms with Gasteiger partial charge in [-0.05, 0) is 24.6 Å². The predicted octanol–water partition coefficient (Wildman–Crippen LogP) is 4.73. The summed E-state index contributed by atoms with van der Waals surface area (Å²) >= 11 is 0. The first-order valence-electron chi connectivity index (χ1n) is 8.85. The molecule has 1 N–H and O–H groups in total. The molecule has 7 heteroatoms. The molecule has 0 spiro atoms. The van der Waals surface area contributed by atoms with Gasteiger partial charge in [0.05, 0.1) is 12.7 Å². The van der Waals surface area contributed by atoms with E-state index in [1.165, 1.54) is 19.2 Å². The second kappa shape index (κ2) is 10.8. The van der Waals surface area contributed by atoms with E-state index >= 15 is 0 Å². The summed E-state index contributed by atoms with van der Waals surface area (Å²) in [7, 11) is 1.22. The van der Waals surface area contributed by atoms with Crippen LogP contribution in [-0.2, 0) is 15.7 Å². The lowest BCUT2D eigenvalue weighted by Crippen LogP contribution is -2.41. The van der Waals surface area contributed by atoms with E-state index in [1.807, 2.05) is 0 Å². The van der Waals surface area contributed by atoms with Gasteiger partial charge in [-0.25, -0.2) is 4.79 Å². The quantitative estimate of drug-likeness (QED) is 0.477. The van der Waals surface area contributed by atoms with Gasteiger partial charge in [-0.3, -0.25) is 4.79 Å². The molecule has 0 aliphatic rings. The molecule has 4 nitrogen and oxygen atoms in total. The summed E-state index contributed by atoms with van der Waals surface area (Å²) in [5, 5.41) is 2.48. The highest BCUT2D eigenvalue weighted by atomic mass is 19.4. The van der Waals surface area contributed by atoms with Crippen molar-refractivity contribution in [3.8, 4) is 0 Å². The molecule has 1 amide bonds. The largest absolute Gasteiger partial charge is 0.467 e. The van der Waals surface area contributed by atoms with Crippen LogP contribution < -0.4 is 5.32 Å². The van der Waals surface area contributed by atoms with Crippen molar-refractivity contribution in [2.45, 2.75) is 64.1 Å². The maximum Gasteiger partial charge on any atom is 0.416 e. The van der Waals surface area contributed by atoms with Gasteiger partial charge < -0.3 is 10.1 Å². The highest BCUT2D eigenvalue weighted by Crippen LogP contribution is 2.29. The predicted molar refractivity (Wildman–Crippen MR) is 92.7 cm³/mol. The first-order chi connectivity index (χ1) is 12.3. The van der Waals surface area contributed by atoms with Gasteiger partial charge in [0.2, 0.25) is 0 Å². The van der Waals surface area contributed by atoms with E-state index in [1.54, 1.807) is 0 Å². The Kier molecular flexibility index (Phi) is 9.16. The number of esters is 1. The molecule has 0 aliphatic carbocycles. The van der Waals surface area contributed by atoms with Crippen LogP contribution in [0.5, 0.6) is 0 Å². The van der Waals surface area contributed by atoms with Crippen molar-refractivity contribution in [1.82, 2.24) is 5.32 Å². The van der Waals surface area contributed by atoms with Crippen LogP contribution in [0.1, 0.15) is 67.8 Å². The molecule has 1 rings (SSSR count). The number of benzene rings is 1. The summed E-state index contributed by atoms with van der Waals surface area (Å²) in [5.74, 6) is -1.32. The van der Waals surface area contributed by atoms with E-state index in [0.29, 0.717) is 6.42 Å². The maximum absolute atomic E-state index is 12.8. The van der Waals surface area contributed by atoms with Crippen molar-refractivity contribution in [3.63, 3.8) is 0 Å². The van der Waals surface area contributed by atoms with E-state index < -0.39 is 29.7 Å². The molecule has 0 aliphatic heterocycles. The Balaban J connectivity index is 2.67. The standard InChI is InChI=1S/C19H26F3NO3/c1-3-4-5-6-7-8-12-16(18(25)26-2)23-17(24)14-10-9-11-15(13-14)19(20,21)22/h9-11,13,16H,3-8,12H2,1-2H3,(H,23,24)/t16-/m0/s1. The van der Waals surface area contributed by atoms with E-state index in [-0.39, 0.29) is 5.56 Å². The Hall–Kier alpha value is -2.05. The molecule has 0 saturated carbocycles. The summed E-state index contributed by atoms with van der Waals surface area (Å²) in [4.78, 5) is 24.1. The van der Waals surface area contributed by atoms with E-state index in [4.69, 9.17) is 0 Å². The van der Waals surface area contributed by atoms with Gasteiger partial charge in [0.15, 0.2) is 0 Å². The summed E-state index contributed by atoms with van der Waals surface area (Å²) in [5.41, 5.74) is -1.05. The molecule has 0 unspecified atom stereocenters. The molecule has 1 aromatic rings. The van der Waals surface area contributed by atoms with Gasteiger partial charge in [-0.15, -0.1) is 0 Å². The lowest BCUT2D eigenvalue weighted by atomic mass is 10.0. The van der Waals surface area contributed by atoms with E-state index in [0.717, 1.165) is 50.7 Å². The summed E-state index contributed by atoms with van der Waals surface area (Å²) < 4.78 is 43.0. The van der Waals surface area contributed by atoms with E-state index in [2.05, 4.69) is 17.0 Å². The highest BCUT2D eigenvalue weighted by molar-refractivity contribution is 5.96. The Bertz CT molecular complexity index is 588. The first kappa shape index (κ1) is 22.0. The van der Waals surface area contributed by atoms with Gasteiger partial charge >= 0.3 is 12.1 Å². The first-order valence-corrected chi connectivity index (χ1v) is 8.85. The monoisotopic (exact) mass is 373 g/mol. The van der Waals surface area contributed by atoms with Crippen LogP contribution in [0.2, 0.25) is 0 Å². The zero-order valence-corrected chi connectivity index (χ0v) is 15.2. The van der Waals surface area contributed by atoms with Crippen LogP contribution in [0.15, 0.2) is 24.3 Å². The Morgan fingerprint density at radius 3 is 2.38 bits per heavy atom. The zero-order valence-electron chi connectivity index (χ0n) is 15.2. The van der Waals surface area contributed by atoms with Gasteiger partial charge in [-0.2, -0.15) is 13.2 Å². The topological polar surface area (TPSA) is 55.4 Å². The van der Waals surface area contributed by atoms with Crippen molar-refractivity contribution in [2.75, 3.05) is 7.11 Å². The summed E-state index contributed by atoms with van der Waals surface area (Å²) in [6.07, 6.45) is 1.98. The number of ether oxygens (including phenoxy) is 1. The minimum atomic E-state index is -4.53. The highest BCUT2D eigenvalue weighted by Gasteiger charge is 2.31. The van der Waals surface area contributed by atoms with Crippen LogP contribution in [-0.4, -0.2) is 25.0 Å². The number of carbonyl (C=O) groups excluding carboxylic acids is 2. The Labute approximate surface area is 152 Å². The average Bonchev–Trinajstić information content (AvgIpc) is 2.62. The number of methoxy groups -OCH3 is 1. The van der Waals surface area contributed by atoms with Crippen LogP contribution >= 0.6 is 0 Å². The molecule has 1 aromatic carbocycles. The molecule has 0 radical (unpaired) electrons. The average molecular weight is 373 g/mol. The van der Waals surface area contributed by atoms with Crippen LogP contribution in [0, 0.1) is 0 Å².